The maximum atomic E-state index is 12.6. The van der Waals surface area contributed by atoms with Gasteiger partial charge in [-0.15, -0.1) is 0 Å². The molecule has 0 unspecified atom stereocenters. The highest BCUT2D eigenvalue weighted by molar-refractivity contribution is 9.10. The number of ether oxygens (including phenoxy) is 1. The van der Waals surface area contributed by atoms with Crippen LogP contribution in [0.25, 0.3) is 0 Å². The van der Waals surface area contributed by atoms with E-state index in [1.165, 1.54) is 0 Å². The first-order chi connectivity index (χ1) is 12.1. The molecule has 1 aromatic heterocycles. The summed E-state index contributed by atoms with van der Waals surface area (Å²) in [5.41, 5.74) is 2.06. The first-order valence-electron chi connectivity index (χ1n) is 8.46. The summed E-state index contributed by atoms with van der Waals surface area (Å²) in [5.74, 6) is 0. The molecule has 1 aromatic carbocycles. The van der Waals surface area contributed by atoms with Crippen molar-refractivity contribution in [3.05, 3.63) is 64.4 Å². The molecule has 2 heterocycles. The molecule has 1 saturated heterocycles. The number of pyridine rings is 1. The molecule has 0 radical (unpaired) electrons. The SMILES string of the molecule is C[C@H]1[C@@H](c2ccc(Br)cc2)OCCN1C(=O)NCCc1ccccn1. The number of halogens is 1. The third-order valence-electron chi connectivity index (χ3n) is 4.40. The topological polar surface area (TPSA) is 54.5 Å². The number of carbonyl (C=O) groups is 1. The van der Waals surface area contributed by atoms with E-state index in [2.05, 4.69) is 26.2 Å². The number of amides is 2. The summed E-state index contributed by atoms with van der Waals surface area (Å²) in [4.78, 5) is 18.7. The Morgan fingerprint density at radius 1 is 1.32 bits per heavy atom. The van der Waals surface area contributed by atoms with Gasteiger partial charge in [0.25, 0.3) is 0 Å². The lowest BCUT2D eigenvalue weighted by molar-refractivity contribution is -0.0497. The van der Waals surface area contributed by atoms with Crippen molar-refractivity contribution in [2.24, 2.45) is 0 Å². The quantitative estimate of drug-likeness (QED) is 0.848. The Bertz CT molecular complexity index is 694. The number of aromatic nitrogens is 1. The van der Waals surface area contributed by atoms with Crippen LogP contribution in [0.4, 0.5) is 4.79 Å². The number of nitrogens with one attached hydrogen (secondary N) is 1. The fourth-order valence-electron chi connectivity index (χ4n) is 3.04. The zero-order chi connectivity index (χ0) is 17.6. The third kappa shape index (κ3) is 4.58. The van der Waals surface area contributed by atoms with Gasteiger partial charge < -0.3 is 15.0 Å². The first-order valence-corrected chi connectivity index (χ1v) is 9.26. The Labute approximate surface area is 156 Å². The summed E-state index contributed by atoms with van der Waals surface area (Å²) in [6.45, 7) is 3.75. The molecule has 25 heavy (non-hydrogen) atoms. The number of rotatable bonds is 4. The van der Waals surface area contributed by atoms with Gasteiger partial charge in [-0.25, -0.2) is 4.79 Å². The molecule has 6 heteroatoms. The number of nitrogens with zero attached hydrogens (tertiary/aromatic N) is 2. The normalized spacial score (nSPS) is 20.3. The van der Waals surface area contributed by atoms with Crippen LogP contribution in [0.3, 0.4) is 0 Å². The molecule has 0 aliphatic carbocycles. The summed E-state index contributed by atoms with van der Waals surface area (Å²) >= 11 is 3.45. The molecule has 0 spiro atoms. The van der Waals surface area contributed by atoms with Gasteiger partial charge in [0, 0.05) is 35.9 Å². The largest absolute Gasteiger partial charge is 0.370 e. The van der Waals surface area contributed by atoms with Gasteiger partial charge in [0.05, 0.1) is 12.6 Å². The Morgan fingerprint density at radius 2 is 2.12 bits per heavy atom. The van der Waals surface area contributed by atoms with Gasteiger partial charge in [-0.05, 0) is 36.8 Å². The van der Waals surface area contributed by atoms with Crippen molar-refractivity contribution in [3.63, 3.8) is 0 Å². The van der Waals surface area contributed by atoms with E-state index in [4.69, 9.17) is 4.74 Å². The lowest BCUT2D eigenvalue weighted by atomic mass is 10.0. The minimum absolute atomic E-state index is 0.0234. The summed E-state index contributed by atoms with van der Waals surface area (Å²) in [7, 11) is 0. The second kappa shape index (κ2) is 8.45. The fraction of sp³-hybridized carbons (Fsp3) is 0.368. The molecular formula is C19H22BrN3O2. The Kier molecular flexibility index (Phi) is 6.04. The molecule has 2 amide bonds. The maximum Gasteiger partial charge on any atom is 0.317 e. The predicted octanol–water partition coefficient (Wildman–Crippen LogP) is 3.56. The fourth-order valence-corrected chi connectivity index (χ4v) is 3.31. The number of carbonyl (C=O) groups excluding carboxylic acids is 1. The van der Waals surface area contributed by atoms with Crippen LogP contribution in [-0.2, 0) is 11.2 Å². The van der Waals surface area contributed by atoms with E-state index >= 15 is 0 Å². The Hall–Kier alpha value is -1.92. The van der Waals surface area contributed by atoms with Gasteiger partial charge in [0.2, 0.25) is 0 Å². The molecule has 1 fully saturated rings. The van der Waals surface area contributed by atoms with Crippen molar-refractivity contribution >= 4 is 22.0 Å². The number of morpholine rings is 1. The van der Waals surface area contributed by atoms with Crippen molar-refractivity contribution in [1.29, 1.82) is 0 Å². The van der Waals surface area contributed by atoms with E-state index in [1.54, 1.807) is 6.20 Å². The molecule has 0 saturated carbocycles. The highest BCUT2D eigenvalue weighted by atomic mass is 79.9. The zero-order valence-electron chi connectivity index (χ0n) is 14.2. The maximum absolute atomic E-state index is 12.6. The number of benzene rings is 1. The third-order valence-corrected chi connectivity index (χ3v) is 4.93. The minimum atomic E-state index is -0.108. The van der Waals surface area contributed by atoms with Gasteiger partial charge in [-0.1, -0.05) is 34.1 Å². The zero-order valence-corrected chi connectivity index (χ0v) is 15.8. The number of hydrogen-bond donors (Lipinski definition) is 1. The first kappa shape index (κ1) is 17.9. The van der Waals surface area contributed by atoms with Gasteiger partial charge in [-0.3, -0.25) is 4.98 Å². The summed E-state index contributed by atoms with van der Waals surface area (Å²) < 4.78 is 6.95. The second-order valence-corrected chi connectivity index (χ2v) is 7.00. The molecular weight excluding hydrogens is 382 g/mol. The Morgan fingerprint density at radius 3 is 2.84 bits per heavy atom. The standard InChI is InChI=1S/C19H22BrN3O2/c1-14-18(15-5-7-16(20)8-6-15)25-13-12-23(14)19(24)22-11-9-17-4-2-3-10-21-17/h2-8,10,14,18H,9,11-13H2,1H3,(H,22,24)/t14-,18-/m0/s1. The smallest absolute Gasteiger partial charge is 0.317 e. The molecule has 1 aliphatic heterocycles. The molecule has 3 rings (SSSR count). The predicted molar refractivity (Wildman–Crippen MR) is 100 cm³/mol. The highest BCUT2D eigenvalue weighted by Crippen LogP contribution is 2.29. The molecule has 132 valence electrons. The van der Waals surface area contributed by atoms with Gasteiger partial charge >= 0.3 is 6.03 Å². The van der Waals surface area contributed by atoms with E-state index < -0.39 is 0 Å². The van der Waals surface area contributed by atoms with E-state index in [-0.39, 0.29) is 18.2 Å². The lowest BCUT2D eigenvalue weighted by Gasteiger charge is -2.39. The molecule has 1 aliphatic rings. The van der Waals surface area contributed by atoms with Crippen LogP contribution in [0.15, 0.2) is 53.1 Å². The summed E-state index contributed by atoms with van der Waals surface area (Å²) in [5, 5.41) is 3.00. The average Bonchev–Trinajstić information content (AvgIpc) is 2.63. The van der Waals surface area contributed by atoms with Gasteiger partial charge in [0.15, 0.2) is 0 Å². The Balaban J connectivity index is 1.57. The number of hydrogen-bond acceptors (Lipinski definition) is 3. The van der Waals surface area contributed by atoms with E-state index in [0.717, 1.165) is 22.2 Å². The molecule has 5 nitrogen and oxygen atoms in total. The summed E-state index contributed by atoms with van der Waals surface area (Å²) in [6, 6.07) is 13.8. The van der Waals surface area contributed by atoms with Crippen LogP contribution < -0.4 is 5.32 Å². The van der Waals surface area contributed by atoms with Crippen molar-refractivity contribution in [2.75, 3.05) is 19.7 Å². The van der Waals surface area contributed by atoms with Crippen LogP contribution in [0.2, 0.25) is 0 Å². The summed E-state index contributed by atoms with van der Waals surface area (Å²) in [6.07, 6.45) is 2.38. The molecule has 0 bridgehead atoms. The van der Waals surface area contributed by atoms with E-state index in [1.807, 2.05) is 54.3 Å². The van der Waals surface area contributed by atoms with Crippen LogP contribution in [0.1, 0.15) is 24.3 Å². The van der Waals surface area contributed by atoms with Gasteiger partial charge in [0.1, 0.15) is 6.10 Å². The van der Waals surface area contributed by atoms with Crippen molar-refractivity contribution in [3.8, 4) is 0 Å². The molecule has 2 aromatic rings. The van der Waals surface area contributed by atoms with E-state index in [0.29, 0.717) is 19.7 Å². The molecule has 2 atom stereocenters. The monoisotopic (exact) mass is 403 g/mol. The van der Waals surface area contributed by atoms with Gasteiger partial charge in [-0.2, -0.15) is 0 Å². The van der Waals surface area contributed by atoms with Crippen LogP contribution in [0, 0.1) is 0 Å². The van der Waals surface area contributed by atoms with Crippen LogP contribution >= 0.6 is 15.9 Å². The lowest BCUT2D eigenvalue weighted by Crippen LogP contribution is -2.52. The minimum Gasteiger partial charge on any atom is -0.370 e. The molecule has 1 N–H and O–H groups in total. The van der Waals surface area contributed by atoms with E-state index in [9.17, 15) is 4.79 Å². The van der Waals surface area contributed by atoms with Crippen LogP contribution in [0.5, 0.6) is 0 Å². The van der Waals surface area contributed by atoms with Crippen LogP contribution in [-0.4, -0.2) is 41.7 Å². The van der Waals surface area contributed by atoms with Crippen molar-refractivity contribution < 1.29 is 9.53 Å². The average molecular weight is 404 g/mol. The van der Waals surface area contributed by atoms with Crippen molar-refractivity contribution in [1.82, 2.24) is 15.2 Å². The number of urea groups is 1. The highest BCUT2D eigenvalue weighted by Gasteiger charge is 2.32. The van der Waals surface area contributed by atoms with Crippen molar-refractivity contribution in [2.45, 2.75) is 25.5 Å². The second-order valence-electron chi connectivity index (χ2n) is 6.08.